The van der Waals surface area contributed by atoms with Crippen LogP contribution in [0.5, 0.6) is 0 Å². The van der Waals surface area contributed by atoms with E-state index in [0.717, 1.165) is 6.07 Å². The van der Waals surface area contributed by atoms with Crippen LogP contribution in [0.2, 0.25) is 0 Å². The maximum Gasteiger partial charge on any atom is 0.418 e. The highest BCUT2D eigenvalue weighted by atomic mass is 19.4. The number of benzene rings is 1. The molecule has 0 aliphatic carbocycles. The van der Waals surface area contributed by atoms with Gasteiger partial charge in [0.25, 0.3) is 0 Å². The molecule has 1 aliphatic rings. The van der Waals surface area contributed by atoms with Crippen molar-refractivity contribution in [2.75, 3.05) is 37.4 Å². The van der Waals surface area contributed by atoms with Gasteiger partial charge < -0.3 is 20.5 Å². The van der Waals surface area contributed by atoms with E-state index < -0.39 is 11.7 Å². The topological polar surface area (TPSA) is 56.5 Å². The first kappa shape index (κ1) is 14.0. The second-order valence-electron chi connectivity index (χ2n) is 4.25. The molecule has 0 radical (unpaired) electrons. The van der Waals surface area contributed by atoms with Crippen LogP contribution < -0.4 is 11.1 Å². The Bertz CT molecular complexity index is 431. The lowest BCUT2D eigenvalue weighted by atomic mass is 10.1. The molecule has 106 valence electrons. The molecule has 1 unspecified atom stereocenters. The summed E-state index contributed by atoms with van der Waals surface area (Å²) in [6, 6.07) is 3.75. The first-order valence-corrected chi connectivity index (χ1v) is 5.87. The molecule has 0 bridgehead atoms. The molecule has 2 rings (SSSR count). The molecule has 1 heterocycles. The fourth-order valence-electron chi connectivity index (χ4n) is 1.80. The zero-order valence-corrected chi connectivity index (χ0v) is 10.2. The van der Waals surface area contributed by atoms with Crippen molar-refractivity contribution in [2.45, 2.75) is 12.3 Å². The Kier molecular flexibility index (Phi) is 4.16. The number of hydrogen-bond acceptors (Lipinski definition) is 4. The molecule has 4 nitrogen and oxygen atoms in total. The zero-order chi connectivity index (χ0) is 13.9. The number of halogens is 3. The molecule has 19 heavy (non-hydrogen) atoms. The number of ether oxygens (including phenoxy) is 2. The minimum absolute atomic E-state index is 0.152. The minimum Gasteiger partial charge on any atom is -0.398 e. The summed E-state index contributed by atoms with van der Waals surface area (Å²) in [7, 11) is 0. The van der Waals surface area contributed by atoms with Gasteiger partial charge in [-0.1, -0.05) is 0 Å². The third kappa shape index (κ3) is 3.74. The molecule has 0 saturated carbocycles. The van der Waals surface area contributed by atoms with Crippen molar-refractivity contribution in [3.63, 3.8) is 0 Å². The van der Waals surface area contributed by atoms with Crippen molar-refractivity contribution in [3.8, 4) is 0 Å². The van der Waals surface area contributed by atoms with Crippen molar-refractivity contribution < 1.29 is 22.6 Å². The van der Waals surface area contributed by atoms with Gasteiger partial charge in [-0.05, 0) is 18.2 Å². The van der Waals surface area contributed by atoms with Gasteiger partial charge in [-0.25, -0.2) is 0 Å². The summed E-state index contributed by atoms with van der Waals surface area (Å²) in [5.41, 5.74) is 4.56. The normalized spacial score (nSPS) is 20.3. The Balaban J connectivity index is 2.00. The maximum absolute atomic E-state index is 12.7. The van der Waals surface area contributed by atoms with Crippen molar-refractivity contribution in [2.24, 2.45) is 0 Å². The van der Waals surface area contributed by atoms with Gasteiger partial charge in [-0.2, -0.15) is 13.2 Å². The van der Waals surface area contributed by atoms with Crippen LogP contribution in [0.15, 0.2) is 18.2 Å². The van der Waals surface area contributed by atoms with E-state index >= 15 is 0 Å². The standard InChI is InChI=1S/C12H15F3N2O2/c13-12(14,15)10-5-8(1-2-11(10)16)17-6-9-7-18-3-4-19-9/h1-2,5,9,17H,3-4,6-7,16H2. The predicted molar refractivity (Wildman–Crippen MR) is 64.9 cm³/mol. The van der Waals surface area contributed by atoms with Crippen molar-refractivity contribution in [1.29, 1.82) is 0 Å². The van der Waals surface area contributed by atoms with Crippen LogP contribution in [0.1, 0.15) is 5.56 Å². The molecule has 1 aliphatic heterocycles. The summed E-state index contributed by atoms with van der Waals surface area (Å²) >= 11 is 0. The number of nitrogens with two attached hydrogens (primary N) is 1. The molecule has 1 atom stereocenters. The Labute approximate surface area is 108 Å². The lowest BCUT2D eigenvalue weighted by Crippen LogP contribution is -2.34. The van der Waals surface area contributed by atoms with Gasteiger partial charge in [0.2, 0.25) is 0 Å². The number of nitrogens with one attached hydrogen (secondary N) is 1. The average molecular weight is 276 g/mol. The molecule has 1 aromatic rings. The Morgan fingerprint density at radius 2 is 2.11 bits per heavy atom. The first-order valence-electron chi connectivity index (χ1n) is 5.87. The number of alkyl halides is 3. The highest BCUT2D eigenvalue weighted by Gasteiger charge is 2.33. The molecule has 0 aromatic heterocycles. The van der Waals surface area contributed by atoms with Crippen LogP contribution in [0.4, 0.5) is 24.5 Å². The van der Waals surface area contributed by atoms with Gasteiger partial charge >= 0.3 is 6.18 Å². The molecule has 0 spiro atoms. The average Bonchev–Trinajstić information content (AvgIpc) is 2.37. The third-order valence-corrected chi connectivity index (χ3v) is 2.78. The van der Waals surface area contributed by atoms with E-state index in [9.17, 15) is 13.2 Å². The van der Waals surface area contributed by atoms with Gasteiger partial charge in [-0.3, -0.25) is 0 Å². The van der Waals surface area contributed by atoms with Crippen molar-refractivity contribution in [1.82, 2.24) is 0 Å². The highest BCUT2D eigenvalue weighted by Crippen LogP contribution is 2.35. The van der Waals surface area contributed by atoms with E-state index in [0.29, 0.717) is 32.1 Å². The van der Waals surface area contributed by atoms with Crippen LogP contribution in [0, 0.1) is 0 Å². The summed E-state index contributed by atoms with van der Waals surface area (Å²) in [5, 5.41) is 2.89. The summed E-state index contributed by atoms with van der Waals surface area (Å²) in [6.07, 6.45) is -4.60. The number of hydrogen-bond donors (Lipinski definition) is 2. The van der Waals surface area contributed by atoms with Crippen molar-refractivity contribution >= 4 is 11.4 Å². The Morgan fingerprint density at radius 3 is 2.74 bits per heavy atom. The fraction of sp³-hybridized carbons (Fsp3) is 0.500. The van der Waals surface area contributed by atoms with Gasteiger partial charge in [0.15, 0.2) is 0 Å². The van der Waals surface area contributed by atoms with Crippen molar-refractivity contribution in [3.05, 3.63) is 23.8 Å². The van der Waals surface area contributed by atoms with Crippen LogP contribution in [0.25, 0.3) is 0 Å². The van der Waals surface area contributed by atoms with Crippen LogP contribution in [0.3, 0.4) is 0 Å². The van der Waals surface area contributed by atoms with Gasteiger partial charge in [0, 0.05) is 17.9 Å². The Morgan fingerprint density at radius 1 is 1.32 bits per heavy atom. The third-order valence-electron chi connectivity index (χ3n) is 2.78. The maximum atomic E-state index is 12.7. The molecule has 1 fully saturated rings. The second kappa shape index (κ2) is 5.66. The first-order chi connectivity index (χ1) is 8.97. The van der Waals surface area contributed by atoms with E-state index in [-0.39, 0.29) is 11.8 Å². The summed E-state index contributed by atoms with van der Waals surface area (Å²) in [4.78, 5) is 0. The molecule has 3 N–H and O–H groups in total. The molecular formula is C12H15F3N2O2. The monoisotopic (exact) mass is 276 g/mol. The molecular weight excluding hydrogens is 261 g/mol. The van der Waals surface area contributed by atoms with Gasteiger partial charge in [0.1, 0.15) is 0 Å². The van der Waals surface area contributed by atoms with Gasteiger partial charge in [-0.15, -0.1) is 0 Å². The summed E-state index contributed by atoms with van der Waals surface area (Å²) in [5.74, 6) is 0. The highest BCUT2D eigenvalue weighted by molar-refractivity contribution is 5.58. The van der Waals surface area contributed by atoms with E-state index in [1.54, 1.807) is 0 Å². The molecule has 7 heteroatoms. The number of anilines is 2. The molecule has 1 aromatic carbocycles. The van der Waals surface area contributed by atoms with E-state index in [1.165, 1.54) is 12.1 Å². The van der Waals surface area contributed by atoms with Crippen LogP contribution in [-0.2, 0) is 15.7 Å². The predicted octanol–water partition coefficient (Wildman–Crippen LogP) is 2.11. The SMILES string of the molecule is Nc1ccc(NCC2COCCO2)cc1C(F)(F)F. The molecule has 1 saturated heterocycles. The largest absolute Gasteiger partial charge is 0.418 e. The summed E-state index contributed by atoms with van der Waals surface area (Å²) < 4.78 is 48.6. The molecule has 0 amide bonds. The summed E-state index contributed by atoms with van der Waals surface area (Å²) in [6.45, 7) is 1.88. The van der Waals surface area contributed by atoms with Crippen LogP contribution in [-0.4, -0.2) is 32.5 Å². The van der Waals surface area contributed by atoms with Crippen LogP contribution >= 0.6 is 0 Å². The minimum atomic E-state index is -4.45. The number of rotatable bonds is 3. The smallest absolute Gasteiger partial charge is 0.398 e. The fourth-order valence-corrected chi connectivity index (χ4v) is 1.80. The van der Waals surface area contributed by atoms with Gasteiger partial charge in [0.05, 0.1) is 31.5 Å². The Hall–Kier alpha value is -1.47. The quantitative estimate of drug-likeness (QED) is 0.830. The lowest BCUT2D eigenvalue weighted by Gasteiger charge is -2.23. The van der Waals surface area contributed by atoms with E-state index in [1.807, 2.05) is 0 Å². The zero-order valence-electron chi connectivity index (χ0n) is 10.2. The van der Waals surface area contributed by atoms with E-state index in [4.69, 9.17) is 15.2 Å². The lowest BCUT2D eigenvalue weighted by molar-refractivity contribution is -0.136. The number of nitrogen functional groups attached to an aromatic ring is 1. The second-order valence-corrected chi connectivity index (χ2v) is 4.25. The van der Waals surface area contributed by atoms with E-state index in [2.05, 4.69) is 5.32 Å².